The van der Waals surface area contributed by atoms with Gasteiger partial charge in [0.15, 0.2) is 5.17 Å². The number of carbonyl (C=O) groups excluding carboxylic acids is 2. The molecule has 2 aliphatic heterocycles. The van der Waals surface area contributed by atoms with Crippen LogP contribution in [0.4, 0.5) is 0 Å². The highest BCUT2D eigenvalue weighted by Gasteiger charge is 2.41. The molecule has 1 aromatic carbocycles. The summed E-state index contributed by atoms with van der Waals surface area (Å²) < 4.78 is 5.05. The highest BCUT2D eigenvalue weighted by molar-refractivity contribution is 8.17. The summed E-state index contributed by atoms with van der Waals surface area (Å²) in [6, 6.07) is 5.87. The van der Waals surface area contributed by atoms with E-state index in [0.29, 0.717) is 10.5 Å². The zero-order chi connectivity index (χ0) is 19.7. The van der Waals surface area contributed by atoms with Gasteiger partial charge >= 0.3 is 11.9 Å². The largest absolute Gasteiger partial charge is 0.478 e. The molecule has 2 aliphatic rings. The average molecular weight is 385 g/mol. The van der Waals surface area contributed by atoms with E-state index in [-0.39, 0.29) is 34.4 Å². The normalized spacial score (nSPS) is 17.9. The number of fused-ring (bicyclic) bond motifs is 1. The van der Waals surface area contributed by atoms with Gasteiger partial charge in [-0.15, -0.1) is 0 Å². The number of nitrogens with one attached hydrogen (secondary N) is 1. The fourth-order valence-corrected chi connectivity index (χ4v) is 3.53. The standard InChI is InChI=1S/C18H15N3O5S/c1-3-26-17(25)13-9(2)27-18-20-15(22)12(14(19)21(13)18)8-10-4-6-11(7-5-10)16(23)24/h4-8,19H,3H2,1-2H3,(H,23,24). The molecule has 0 saturated heterocycles. The van der Waals surface area contributed by atoms with Crippen LogP contribution in [0.1, 0.15) is 29.8 Å². The smallest absolute Gasteiger partial charge is 0.356 e. The minimum atomic E-state index is -1.06. The number of ether oxygens (including phenoxy) is 1. The minimum Gasteiger partial charge on any atom is -0.478 e. The van der Waals surface area contributed by atoms with Crippen LogP contribution in [0.2, 0.25) is 0 Å². The molecule has 8 nitrogen and oxygen atoms in total. The summed E-state index contributed by atoms with van der Waals surface area (Å²) in [5, 5.41) is 17.6. The number of nitrogens with zero attached hydrogens (tertiary/aromatic N) is 2. The van der Waals surface area contributed by atoms with Gasteiger partial charge in [-0.05, 0) is 37.6 Å². The molecule has 1 amide bonds. The van der Waals surface area contributed by atoms with Gasteiger partial charge in [0.2, 0.25) is 0 Å². The van der Waals surface area contributed by atoms with Crippen LogP contribution in [-0.4, -0.2) is 45.5 Å². The number of benzene rings is 1. The second-order valence-corrected chi connectivity index (χ2v) is 6.78. The van der Waals surface area contributed by atoms with Crippen molar-refractivity contribution in [3.8, 4) is 0 Å². The van der Waals surface area contributed by atoms with E-state index in [1.165, 1.54) is 35.2 Å². The number of aromatic carboxylic acids is 1. The van der Waals surface area contributed by atoms with Gasteiger partial charge in [0, 0.05) is 4.91 Å². The Balaban J connectivity index is 1.98. The number of carboxylic acids is 1. The van der Waals surface area contributed by atoms with E-state index in [9.17, 15) is 14.4 Å². The summed E-state index contributed by atoms with van der Waals surface area (Å²) in [6.07, 6.45) is 1.44. The minimum absolute atomic E-state index is 0.000997. The van der Waals surface area contributed by atoms with Crippen LogP contribution in [0.3, 0.4) is 0 Å². The van der Waals surface area contributed by atoms with Gasteiger partial charge < -0.3 is 9.84 Å². The summed E-state index contributed by atoms with van der Waals surface area (Å²) in [5.74, 6) is -2.42. The summed E-state index contributed by atoms with van der Waals surface area (Å²) in [4.78, 5) is 41.4. The third-order valence-corrected chi connectivity index (χ3v) is 4.79. The summed E-state index contributed by atoms with van der Waals surface area (Å²) in [5.41, 5.74) is 0.822. The Labute approximate surface area is 158 Å². The zero-order valence-corrected chi connectivity index (χ0v) is 15.3. The molecule has 9 heteroatoms. The Hall–Kier alpha value is -3.20. The number of hydrogen-bond acceptors (Lipinski definition) is 6. The fraction of sp³-hybridized carbons (Fsp3) is 0.167. The average Bonchev–Trinajstić information content (AvgIpc) is 2.95. The molecule has 0 fully saturated rings. The van der Waals surface area contributed by atoms with E-state index in [4.69, 9.17) is 15.3 Å². The SMILES string of the molecule is CCOC(=O)C1=C(C)SC2=NC(=O)C(=Cc3ccc(C(=O)O)cc3)C(=N)N21. The van der Waals surface area contributed by atoms with Crippen molar-refractivity contribution in [2.45, 2.75) is 13.8 Å². The van der Waals surface area contributed by atoms with E-state index < -0.39 is 17.8 Å². The highest BCUT2D eigenvalue weighted by Crippen LogP contribution is 2.38. The molecule has 0 aromatic heterocycles. The lowest BCUT2D eigenvalue weighted by Gasteiger charge is -2.25. The van der Waals surface area contributed by atoms with Crippen LogP contribution in [0.15, 0.2) is 45.4 Å². The van der Waals surface area contributed by atoms with Crippen molar-refractivity contribution in [1.82, 2.24) is 4.90 Å². The monoisotopic (exact) mass is 385 g/mol. The fourth-order valence-electron chi connectivity index (χ4n) is 2.59. The third-order valence-electron chi connectivity index (χ3n) is 3.84. The van der Waals surface area contributed by atoms with Crippen LogP contribution >= 0.6 is 11.8 Å². The van der Waals surface area contributed by atoms with E-state index >= 15 is 0 Å². The first-order chi connectivity index (χ1) is 12.8. The first-order valence-corrected chi connectivity index (χ1v) is 8.78. The number of carboxylic acid groups (broad SMARTS) is 1. The quantitative estimate of drug-likeness (QED) is 0.603. The van der Waals surface area contributed by atoms with Crippen molar-refractivity contribution in [3.05, 3.63) is 51.6 Å². The molecule has 2 heterocycles. The molecule has 0 aliphatic carbocycles. The highest BCUT2D eigenvalue weighted by atomic mass is 32.2. The number of amides is 1. The van der Waals surface area contributed by atoms with Gasteiger partial charge in [-0.3, -0.25) is 15.1 Å². The molecule has 0 spiro atoms. The molecule has 0 radical (unpaired) electrons. The number of aliphatic imine (C=N–C) groups is 1. The molecule has 0 unspecified atom stereocenters. The topological polar surface area (TPSA) is 120 Å². The molecular weight excluding hydrogens is 370 g/mol. The van der Waals surface area contributed by atoms with E-state index in [1.807, 2.05) is 0 Å². The van der Waals surface area contributed by atoms with Crippen molar-refractivity contribution >= 4 is 46.7 Å². The third kappa shape index (κ3) is 3.41. The van der Waals surface area contributed by atoms with Crippen LogP contribution in [0, 0.1) is 5.41 Å². The maximum absolute atomic E-state index is 12.4. The first kappa shape index (κ1) is 18.6. The number of hydrogen-bond donors (Lipinski definition) is 2. The second-order valence-electron chi connectivity index (χ2n) is 5.60. The van der Waals surface area contributed by atoms with Gasteiger partial charge in [-0.1, -0.05) is 23.9 Å². The van der Waals surface area contributed by atoms with Gasteiger partial charge in [-0.2, -0.15) is 4.99 Å². The number of rotatable bonds is 4. The zero-order valence-electron chi connectivity index (χ0n) is 14.5. The Morgan fingerprint density at radius 2 is 2.00 bits per heavy atom. The molecular formula is C18H15N3O5S. The van der Waals surface area contributed by atoms with Gasteiger partial charge in [0.25, 0.3) is 5.91 Å². The predicted molar refractivity (Wildman–Crippen MR) is 100 cm³/mol. The number of thioether (sulfide) groups is 1. The Morgan fingerprint density at radius 1 is 1.33 bits per heavy atom. The lowest BCUT2D eigenvalue weighted by atomic mass is 10.1. The van der Waals surface area contributed by atoms with Crippen LogP contribution in [0.5, 0.6) is 0 Å². The molecule has 0 bridgehead atoms. The summed E-state index contributed by atoms with van der Waals surface area (Å²) >= 11 is 1.13. The van der Waals surface area contributed by atoms with E-state index in [0.717, 1.165) is 11.8 Å². The Bertz CT molecular complexity index is 960. The molecule has 3 rings (SSSR count). The van der Waals surface area contributed by atoms with Crippen molar-refractivity contribution in [3.63, 3.8) is 0 Å². The number of allylic oxidation sites excluding steroid dienone is 1. The predicted octanol–water partition coefficient (Wildman–Crippen LogP) is 2.49. The number of amidine groups is 2. The lowest BCUT2D eigenvalue weighted by Crippen LogP contribution is -2.40. The molecule has 0 atom stereocenters. The summed E-state index contributed by atoms with van der Waals surface area (Å²) in [6.45, 7) is 3.57. The maximum Gasteiger partial charge on any atom is 0.356 e. The van der Waals surface area contributed by atoms with Crippen LogP contribution in [0.25, 0.3) is 6.08 Å². The van der Waals surface area contributed by atoms with Crippen molar-refractivity contribution in [2.24, 2.45) is 4.99 Å². The maximum atomic E-state index is 12.4. The van der Waals surface area contributed by atoms with Crippen LogP contribution < -0.4 is 0 Å². The van der Waals surface area contributed by atoms with Gasteiger partial charge in [-0.25, -0.2) is 9.59 Å². The summed E-state index contributed by atoms with van der Waals surface area (Å²) in [7, 11) is 0. The van der Waals surface area contributed by atoms with Crippen molar-refractivity contribution < 1.29 is 24.2 Å². The first-order valence-electron chi connectivity index (χ1n) is 7.96. The van der Waals surface area contributed by atoms with Gasteiger partial charge in [0.05, 0.1) is 17.7 Å². The Morgan fingerprint density at radius 3 is 2.59 bits per heavy atom. The van der Waals surface area contributed by atoms with Crippen LogP contribution in [-0.2, 0) is 14.3 Å². The molecule has 1 aromatic rings. The second kappa shape index (κ2) is 7.20. The van der Waals surface area contributed by atoms with Crippen molar-refractivity contribution in [2.75, 3.05) is 6.61 Å². The molecule has 27 heavy (non-hydrogen) atoms. The van der Waals surface area contributed by atoms with E-state index in [2.05, 4.69) is 4.99 Å². The lowest BCUT2D eigenvalue weighted by molar-refractivity contribution is -0.139. The van der Waals surface area contributed by atoms with Crippen molar-refractivity contribution in [1.29, 1.82) is 5.41 Å². The van der Waals surface area contributed by atoms with E-state index in [1.54, 1.807) is 13.8 Å². The number of esters is 1. The molecule has 2 N–H and O–H groups in total. The Kier molecular flexibility index (Phi) is 4.95. The molecule has 138 valence electrons. The van der Waals surface area contributed by atoms with Gasteiger partial charge in [0.1, 0.15) is 11.5 Å². The molecule has 0 saturated carbocycles. The number of carbonyl (C=O) groups is 3.